The highest BCUT2D eigenvalue weighted by Crippen LogP contribution is 2.33. The van der Waals surface area contributed by atoms with E-state index in [4.69, 9.17) is 9.47 Å². The van der Waals surface area contributed by atoms with Gasteiger partial charge in [0.15, 0.2) is 0 Å². The summed E-state index contributed by atoms with van der Waals surface area (Å²) >= 11 is 0. The van der Waals surface area contributed by atoms with Gasteiger partial charge in [-0.3, -0.25) is 4.90 Å². The van der Waals surface area contributed by atoms with Crippen molar-refractivity contribution in [2.24, 2.45) is 5.92 Å². The zero-order chi connectivity index (χ0) is 16.8. The van der Waals surface area contributed by atoms with Crippen molar-refractivity contribution < 1.29 is 14.6 Å². The first kappa shape index (κ1) is 18.0. The number of hydrogen-bond donors (Lipinski definition) is 1. The van der Waals surface area contributed by atoms with Crippen LogP contribution in [0.25, 0.3) is 0 Å². The molecule has 1 heterocycles. The summed E-state index contributed by atoms with van der Waals surface area (Å²) < 4.78 is 10.8. The van der Waals surface area contributed by atoms with E-state index < -0.39 is 0 Å². The van der Waals surface area contributed by atoms with Gasteiger partial charge in [-0.15, -0.1) is 0 Å². The van der Waals surface area contributed by atoms with Crippen LogP contribution in [0.1, 0.15) is 25.5 Å². The lowest BCUT2D eigenvalue weighted by Crippen LogP contribution is -2.49. The van der Waals surface area contributed by atoms with Gasteiger partial charge in [-0.05, 0) is 24.1 Å². The summed E-state index contributed by atoms with van der Waals surface area (Å²) in [6, 6.07) is 5.71. The Kier molecular flexibility index (Phi) is 6.69. The molecule has 0 saturated carbocycles. The Bertz CT molecular complexity index is 485. The highest BCUT2D eigenvalue weighted by Gasteiger charge is 2.27. The minimum atomic E-state index is -0.0544. The van der Waals surface area contributed by atoms with E-state index in [-0.39, 0.29) is 12.6 Å². The predicted molar refractivity (Wildman–Crippen MR) is 92.2 cm³/mol. The first-order chi connectivity index (χ1) is 11.1. The molecule has 1 aromatic carbocycles. The van der Waals surface area contributed by atoms with Gasteiger partial charge >= 0.3 is 0 Å². The van der Waals surface area contributed by atoms with Gasteiger partial charge in [0.1, 0.15) is 11.5 Å². The van der Waals surface area contributed by atoms with Gasteiger partial charge in [0.05, 0.1) is 26.9 Å². The third kappa shape index (κ3) is 4.59. The van der Waals surface area contributed by atoms with Crippen molar-refractivity contribution in [1.29, 1.82) is 0 Å². The van der Waals surface area contributed by atoms with E-state index in [1.807, 2.05) is 18.2 Å². The smallest absolute Gasteiger partial charge is 0.124 e. The fraction of sp³-hybridized carbons (Fsp3) is 0.667. The van der Waals surface area contributed by atoms with Gasteiger partial charge in [0.25, 0.3) is 0 Å². The maximum atomic E-state index is 9.97. The Balaban J connectivity index is 2.11. The average molecular weight is 322 g/mol. The first-order valence-corrected chi connectivity index (χ1v) is 8.38. The summed E-state index contributed by atoms with van der Waals surface area (Å²) in [6.45, 7) is 9.72. The minimum Gasteiger partial charge on any atom is -0.497 e. The lowest BCUT2D eigenvalue weighted by atomic mass is 10.0. The lowest BCUT2D eigenvalue weighted by molar-refractivity contribution is 0.0595. The van der Waals surface area contributed by atoms with Gasteiger partial charge in [-0.2, -0.15) is 0 Å². The second kappa shape index (κ2) is 8.52. The number of aliphatic hydroxyl groups is 1. The monoisotopic (exact) mass is 322 g/mol. The SMILES string of the molecule is COc1ccc(OC)c(C(CO)N2CCN(CC(C)C)CC2)c1. The molecule has 1 fully saturated rings. The predicted octanol–water partition coefficient (Wildman–Crippen LogP) is 2.01. The first-order valence-electron chi connectivity index (χ1n) is 8.38. The number of benzene rings is 1. The summed E-state index contributed by atoms with van der Waals surface area (Å²) in [7, 11) is 3.32. The van der Waals surface area contributed by atoms with Gasteiger partial charge < -0.3 is 19.5 Å². The normalized spacial score (nSPS) is 18.2. The molecule has 0 radical (unpaired) electrons. The van der Waals surface area contributed by atoms with E-state index in [9.17, 15) is 5.11 Å². The number of piperazine rings is 1. The zero-order valence-electron chi connectivity index (χ0n) is 14.8. The van der Waals surface area contributed by atoms with Gasteiger partial charge in [-0.1, -0.05) is 13.8 Å². The molecular formula is C18H30N2O3. The third-order valence-corrected chi connectivity index (χ3v) is 4.44. The number of nitrogens with zero attached hydrogens (tertiary/aromatic N) is 2. The molecule has 0 aromatic heterocycles. The van der Waals surface area contributed by atoms with E-state index in [0.717, 1.165) is 49.8 Å². The van der Waals surface area contributed by atoms with Crippen molar-refractivity contribution in [3.05, 3.63) is 23.8 Å². The number of hydrogen-bond acceptors (Lipinski definition) is 5. The highest BCUT2D eigenvalue weighted by molar-refractivity contribution is 5.42. The van der Waals surface area contributed by atoms with E-state index in [1.165, 1.54) is 0 Å². The van der Waals surface area contributed by atoms with E-state index in [0.29, 0.717) is 5.92 Å². The molecule has 0 bridgehead atoms. The molecule has 1 aromatic rings. The van der Waals surface area contributed by atoms with Gasteiger partial charge in [0.2, 0.25) is 0 Å². The van der Waals surface area contributed by atoms with E-state index in [1.54, 1.807) is 14.2 Å². The van der Waals surface area contributed by atoms with E-state index in [2.05, 4.69) is 23.6 Å². The second-order valence-corrected chi connectivity index (χ2v) is 6.54. The Morgan fingerprint density at radius 1 is 1.09 bits per heavy atom. The van der Waals surface area contributed by atoms with Crippen molar-refractivity contribution >= 4 is 0 Å². The highest BCUT2D eigenvalue weighted by atomic mass is 16.5. The molecule has 0 amide bonds. The zero-order valence-corrected chi connectivity index (χ0v) is 14.8. The molecule has 130 valence electrons. The second-order valence-electron chi connectivity index (χ2n) is 6.54. The Morgan fingerprint density at radius 3 is 2.30 bits per heavy atom. The molecule has 1 atom stereocenters. The Labute approximate surface area is 139 Å². The molecule has 5 heteroatoms. The molecule has 1 N–H and O–H groups in total. The largest absolute Gasteiger partial charge is 0.497 e. The summed E-state index contributed by atoms with van der Waals surface area (Å²) in [5.74, 6) is 2.28. The van der Waals surface area contributed by atoms with Crippen molar-refractivity contribution in [2.75, 3.05) is 53.6 Å². The number of aliphatic hydroxyl groups excluding tert-OH is 1. The van der Waals surface area contributed by atoms with Crippen LogP contribution in [0.3, 0.4) is 0 Å². The number of rotatable bonds is 7. The third-order valence-electron chi connectivity index (χ3n) is 4.44. The van der Waals surface area contributed by atoms with Crippen LogP contribution in [0, 0.1) is 5.92 Å². The van der Waals surface area contributed by atoms with Crippen molar-refractivity contribution in [2.45, 2.75) is 19.9 Å². The molecule has 0 spiro atoms. The molecule has 1 saturated heterocycles. The van der Waals surface area contributed by atoms with Crippen LogP contribution in [-0.2, 0) is 0 Å². The fourth-order valence-corrected chi connectivity index (χ4v) is 3.28. The van der Waals surface area contributed by atoms with Crippen LogP contribution in [-0.4, -0.2) is 68.5 Å². The van der Waals surface area contributed by atoms with Gasteiger partial charge in [0, 0.05) is 38.3 Å². The molecule has 0 aliphatic carbocycles. The molecule has 2 rings (SSSR count). The lowest BCUT2D eigenvalue weighted by Gasteiger charge is -2.39. The molecule has 1 aliphatic rings. The topological polar surface area (TPSA) is 45.2 Å². The standard InChI is InChI=1S/C18H30N2O3/c1-14(2)12-19-7-9-20(10-8-19)17(13-21)16-11-15(22-3)5-6-18(16)23-4/h5-6,11,14,17,21H,7-10,12-13H2,1-4H3. The molecular weight excluding hydrogens is 292 g/mol. The maximum absolute atomic E-state index is 9.97. The summed E-state index contributed by atoms with van der Waals surface area (Å²) in [5.41, 5.74) is 0.992. The van der Waals surface area contributed by atoms with Crippen LogP contribution >= 0.6 is 0 Å². The Hall–Kier alpha value is -1.30. The number of methoxy groups -OCH3 is 2. The van der Waals surface area contributed by atoms with Crippen LogP contribution < -0.4 is 9.47 Å². The van der Waals surface area contributed by atoms with Crippen LogP contribution in [0.15, 0.2) is 18.2 Å². The summed E-state index contributed by atoms with van der Waals surface area (Å²) in [4.78, 5) is 4.84. The van der Waals surface area contributed by atoms with Crippen LogP contribution in [0.4, 0.5) is 0 Å². The quantitative estimate of drug-likeness (QED) is 0.832. The Morgan fingerprint density at radius 2 is 1.78 bits per heavy atom. The van der Waals surface area contributed by atoms with Crippen molar-refractivity contribution in [1.82, 2.24) is 9.80 Å². The molecule has 5 nitrogen and oxygen atoms in total. The van der Waals surface area contributed by atoms with Gasteiger partial charge in [-0.25, -0.2) is 0 Å². The maximum Gasteiger partial charge on any atom is 0.124 e. The molecule has 23 heavy (non-hydrogen) atoms. The average Bonchev–Trinajstić information content (AvgIpc) is 2.56. The molecule has 1 unspecified atom stereocenters. The fourth-order valence-electron chi connectivity index (χ4n) is 3.28. The van der Waals surface area contributed by atoms with Crippen molar-refractivity contribution in [3.63, 3.8) is 0 Å². The van der Waals surface area contributed by atoms with E-state index >= 15 is 0 Å². The number of ether oxygens (including phenoxy) is 2. The van der Waals surface area contributed by atoms with Crippen LogP contribution in [0.5, 0.6) is 11.5 Å². The van der Waals surface area contributed by atoms with Crippen molar-refractivity contribution in [3.8, 4) is 11.5 Å². The summed E-state index contributed by atoms with van der Waals surface area (Å²) in [6.07, 6.45) is 0. The summed E-state index contributed by atoms with van der Waals surface area (Å²) in [5, 5.41) is 9.97. The van der Waals surface area contributed by atoms with Crippen LogP contribution in [0.2, 0.25) is 0 Å². The minimum absolute atomic E-state index is 0.0544. The molecule has 1 aliphatic heterocycles.